The molecule has 0 bridgehead atoms. The summed E-state index contributed by atoms with van der Waals surface area (Å²) >= 11 is 1.31. The molecule has 16 heavy (non-hydrogen) atoms. The number of carbonyl (C=O) groups is 2. The zero-order valence-electron chi connectivity index (χ0n) is 8.60. The van der Waals surface area contributed by atoms with Crippen molar-refractivity contribution < 1.29 is 14.7 Å². The van der Waals surface area contributed by atoms with Crippen molar-refractivity contribution in [1.29, 1.82) is 0 Å². The van der Waals surface area contributed by atoms with Crippen LogP contribution in [0.15, 0.2) is 5.38 Å². The molecule has 0 aromatic carbocycles. The van der Waals surface area contributed by atoms with Crippen LogP contribution in [0.5, 0.6) is 0 Å². The van der Waals surface area contributed by atoms with Gasteiger partial charge in [-0.05, 0) is 12.8 Å². The Labute approximate surface area is 96.5 Å². The van der Waals surface area contributed by atoms with Gasteiger partial charge in [-0.1, -0.05) is 0 Å². The highest BCUT2D eigenvalue weighted by atomic mass is 32.1. The standard InChI is InChI=1S/C10H12N2O3S/c13-9(6-1-2-6)11-4-3-8-12-7(5-16-8)10(14)15/h5-6H,1-4H2,(H,11,13)(H,14,15). The SMILES string of the molecule is O=C(O)c1csc(CCNC(=O)C2CC2)n1. The molecule has 0 aliphatic heterocycles. The average molecular weight is 240 g/mol. The van der Waals surface area contributed by atoms with Gasteiger partial charge in [-0.15, -0.1) is 11.3 Å². The topological polar surface area (TPSA) is 79.3 Å². The summed E-state index contributed by atoms with van der Waals surface area (Å²) in [5, 5.41) is 13.7. The molecule has 6 heteroatoms. The highest BCUT2D eigenvalue weighted by Gasteiger charge is 2.29. The number of hydrogen-bond acceptors (Lipinski definition) is 4. The molecular weight excluding hydrogens is 228 g/mol. The normalized spacial score (nSPS) is 14.8. The summed E-state index contributed by atoms with van der Waals surface area (Å²) < 4.78 is 0. The predicted molar refractivity (Wildman–Crippen MR) is 58.5 cm³/mol. The molecule has 1 aromatic heterocycles. The molecule has 1 amide bonds. The summed E-state index contributed by atoms with van der Waals surface area (Å²) in [6.07, 6.45) is 2.58. The number of carboxylic acid groups (broad SMARTS) is 1. The fourth-order valence-corrected chi connectivity index (χ4v) is 2.08. The van der Waals surface area contributed by atoms with Gasteiger partial charge in [0, 0.05) is 24.3 Å². The lowest BCUT2D eigenvalue weighted by Crippen LogP contribution is -2.26. The molecule has 1 heterocycles. The fraction of sp³-hybridized carbons (Fsp3) is 0.500. The smallest absolute Gasteiger partial charge is 0.355 e. The maximum atomic E-state index is 11.3. The summed E-state index contributed by atoms with van der Waals surface area (Å²) in [5.74, 6) is -0.689. The van der Waals surface area contributed by atoms with Gasteiger partial charge in [0.2, 0.25) is 5.91 Å². The number of amides is 1. The number of aromatic nitrogens is 1. The lowest BCUT2D eigenvalue weighted by molar-refractivity contribution is -0.122. The summed E-state index contributed by atoms with van der Waals surface area (Å²) in [7, 11) is 0. The third-order valence-electron chi connectivity index (χ3n) is 2.36. The molecule has 0 spiro atoms. The lowest BCUT2D eigenvalue weighted by Gasteiger charge is -2.01. The van der Waals surface area contributed by atoms with Crippen LogP contribution in [-0.4, -0.2) is 28.5 Å². The van der Waals surface area contributed by atoms with Gasteiger partial charge in [-0.2, -0.15) is 0 Å². The monoisotopic (exact) mass is 240 g/mol. The number of nitrogens with zero attached hydrogens (tertiary/aromatic N) is 1. The first-order valence-electron chi connectivity index (χ1n) is 5.12. The Balaban J connectivity index is 1.75. The molecule has 5 nitrogen and oxygen atoms in total. The maximum Gasteiger partial charge on any atom is 0.355 e. The van der Waals surface area contributed by atoms with Crippen LogP contribution in [0, 0.1) is 5.92 Å². The number of rotatable bonds is 5. The van der Waals surface area contributed by atoms with Crippen LogP contribution in [0.4, 0.5) is 0 Å². The second kappa shape index (κ2) is 4.61. The van der Waals surface area contributed by atoms with E-state index in [1.807, 2.05) is 0 Å². The summed E-state index contributed by atoms with van der Waals surface area (Å²) in [6, 6.07) is 0. The van der Waals surface area contributed by atoms with E-state index in [4.69, 9.17) is 5.11 Å². The van der Waals surface area contributed by atoms with Gasteiger partial charge in [-0.3, -0.25) is 4.79 Å². The molecule has 0 saturated heterocycles. The second-order valence-electron chi connectivity index (χ2n) is 3.75. The van der Waals surface area contributed by atoms with Crippen molar-refractivity contribution in [3.05, 3.63) is 16.1 Å². The summed E-state index contributed by atoms with van der Waals surface area (Å²) in [5.41, 5.74) is 0.0773. The van der Waals surface area contributed by atoms with Gasteiger partial charge in [0.15, 0.2) is 5.69 Å². The summed E-state index contributed by atoms with van der Waals surface area (Å²) in [6.45, 7) is 0.530. The van der Waals surface area contributed by atoms with Crippen molar-refractivity contribution in [1.82, 2.24) is 10.3 Å². The van der Waals surface area contributed by atoms with E-state index in [0.29, 0.717) is 13.0 Å². The first kappa shape index (κ1) is 11.1. The van der Waals surface area contributed by atoms with E-state index < -0.39 is 5.97 Å². The molecule has 0 atom stereocenters. The zero-order valence-corrected chi connectivity index (χ0v) is 9.42. The number of carboxylic acids is 1. The van der Waals surface area contributed by atoms with E-state index in [9.17, 15) is 9.59 Å². The minimum Gasteiger partial charge on any atom is -0.476 e. The van der Waals surface area contributed by atoms with Crippen LogP contribution in [0.1, 0.15) is 28.3 Å². The van der Waals surface area contributed by atoms with E-state index in [2.05, 4.69) is 10.3 Å². The second-order valence-corrected chi connectivity index (χ2v) is 4.69. The molecule has 86 valence electrons. The van der Waals surface area contributed by atoms with Crippen LogP contribution in [0.3, 0.4) is 0 Å². The third kappa shape index (κ3) is 2.79. The molecule has 1 aromatic rings. The first-order chi connectivity index (χ1) is 7.66. The molecule has 1 saturated carbocycles. The number of hydrogen-bond donors (Lipinski definition) is 2. The largest absolute Gasteiger partial charge is 0.476 e. The Kier molecular flexibility index (Phi) is 3.19. The van der Waals surface area contributed by atoms with Crippen molar-refractivity contribution in [2.75, 3.05) is 6.54 Å². The predicted octanol–water partition coefficient (Wildman–Crippen LogP) is 0.910. The van der Waals surface area contributed by atoms with Crippen LogP contribution in [0.25, 0.3) is 0 Å². The quantitative estimate of drug-likeness (QED) is 0.801. The van der Waals surface area contributed by atoms with E-state index in [-0.39, 0.29) is 17.5 Å². The third-order valence-corrected chi connectivity index (χ3v) is 3.27. The lowest BCUT2D eigenvalue weighted by atomic mass is 10.3. The Hall–Kier alpha value is -1.43. The van der Waals surface area contributed by atoms with E-state index in [1.165, 1.54) is 16.7 Å². The van der Waals surface area contributed by atoms with Crippen molar-refractivity contribution in [2.45, 2.75) is 19.3 Å². The highest BCUT2D eigenvalue weighted by molar-refractivity contribution is 7.09. The Bertz CT molecular complexity index is 412. The number of aromatic carboxylic acids is 1. The van der Waals surface area contributed by atoms with E-state index in [0.717, 1.165) is 17.8 Å². The van der Waals surface area contributed by atoms with Crippen molar-refractivity contribution in [3.8, 4) is 0 Å². The van der Waals surface area contributed by atoms with E-state index in [1.54, 1.807) is 0 Å². The highest BCUT2D eigenvalue weighted by Crippen LogP contribution is 2.28. The van der Waals surface area contributed by atoms with Gasteiger partial charge < -0.3 is 10.4 Å². The van der Waals surface area contributed by atoms with Gasteiger partial charge >= 0.3 is 5.97 Å². The molecule has 1 fully saturated rings. The minimum absolute atomic E-state index is 0.0773. The molecule has 2 rings (SSSR count). The average Bonchev–Trinajstić information content (AvgIpc) is 2.98. The van der Waals surface area contributed by atoms with Crippen LogP contribution >= 0.6 is 11.3 Å². The molecule has 1 aliphatic carbocycles. The van der Waals surface area contributed by atoms with Crippen molar-refractivity contribution >= 4 is 23.2 Å². The van der Waals surface area contributed by atoms with Crippen LogP contribution in [-0.2, 0) is 11.2 Å². The molecular formula is C10H12N2O3S. The molecule has 0 radical (unpaired) electrons. The van der Waals surface area contributed by atoms with Crippen LogP contribution in [0.2, 0.25) is 0 Å². The molecule has 0 unspecified atom stereocenters. The van der Waals surface area contributed by atoms with Crippen molar-refractivity contribution in [3.63, 3.8) is 0 Å². The number of carbonyl (C=O) groups excluding carboxylic acids is 1. The van der Waals surface area contributed by atoms with Gasteiger partial charge in [-0.25, -0.2) is 9.78 Å². The van der Waals surface area contributed by atoms with Gasteiger partial charge in [0.25, 0.3) is 0 Å². The van der Waals surface area contributed by atoms with Gasteiger partial charge in [0.05, 0.1) is 5.01 Å². The zero-order chi connectivity index (χ0) is 11.5. The number of thiazole rings is 1. The first-order valence-corrected chi connectivity index (χ1v) is 6.00. The summed E-state index contributed by atoms with van der Waals surface area (Å²) in [4.78, 5) is 25.8. The van der Waals surface area contributed by atoms with Crippen molar-refractivity contribution in [2.24, 2.45) is 5.92 Å². The van der Waals surface area contributed by atoms with Gasteiger partial charge in [0.1, 0.15) is 0 Å². The Morgan fingerprint density at radius 2 is 2.31 bits per heavy atom. The molecule has 1 aliphatic rings. The Morgan fingerprint density at radius 3 is 2.88 bits per heavy atom. The fourth-order valence-electron chi connectivity index (χ4n) is 1.31. The van der Waals surface area contributed by atoms with E-state index >= 15 is 0 Å². The Morgan fingerprint density at radius 1 is 1.56 bits per heavy atom. The number of nitrogens with one attached hydrogen (secondary N) is 1. The maximum absolute atomic E-state index is 11.3. The van der Waals surface area contributed by atoms with Crippen LogP contribution < -0.4 is 5.32 Å². The minimum atomic E-state index is -1.01. The molecule has 2 N–H and O–H groups in total.